The number of piperidine rings is 1. The number of carbonyl (C=O) groups excluding carboxylic acids is 4. The van der Waals surface area contributed by atoms with Crippen LogP contribution in [0.1, 0.15) is 45.5 Å². The topological polar surface area (TPSA) is 108 Å². The molecule has 172 valence electrons. The zero-order chi connectivity index (χ0) is 23.9. The second kappa shape index (κ2) is 9.03. The molecule has 2 heterocycles. The number of hydrogen-bond donors (Lipinski definition) is 3. The first-order valence-electron chi connectivity index (χ1n) is 10.4. The Bertz CT molecular complexity index is 1200. The number of aryl methyl sites for hydroxylation is 2. The van der Waals surface area contributed by atoms with E-state index in [1.807, 2.05) is 32.0 Å². The Balaban J connectivity index is 1.41. The minimum absolute atomic E-state index is 0.182. The van der Waals surface area contributed by atoms with Gasteiger partial charge < -0.3 is 15.5 Å². The summed E-state index contributed by atoms with van der Waals surface area (Å²) in [4.78, 5) is 50.4. The minimum atomic E-state index is -0.663. The molecule has 2 aliphatic heterocycles. The van der Waals surface area contributed by atoms with Gasteiger partial charge in [0.15, 0.2) is 0 Å². The summed E-state index contributed by atoms with van der Waals surface area (Å²) in [7, 11) is 0. The smallest absolute Gasteiger partial charge is 0.319 e. The number of nitrogens with zero attached hydrogens (tertiary/aromatic N) is 1. The van der Waals surface area contributed by atoms with Crippen LogP contribution in [0.15, 0.2) is 24.3 Å². The van der Waals surface area contributed by atoms with Gasteiger partial charge in [0, 0.05) is 25.1 Å². The van der Waals surface area contributed by atoms with Gasteiger partial charge in [0.05, 0.1) is 15.7 Å². The van der Waals surface area contributed by atoms with E-state index in [-0.39, 0.29) is 29.8 Å². The lowest BCUT2D eigenvalue weighted by atomic mass is 10.0. The van der Waals surface area contributed by atoms with Crippen molar-refractivity contribution in [3.63, 3.8) is 0 Å². The quantitative estimate of drug-likeness (QED) is 0.570. The van der Waals surface area contributed by atoms with Crippen LogP contribution in [0.5, 0.6) is 0 Å². The largest absolute Gasteiger partial charge is 0.334 e. The SMILES string of the molecule is Cc1cc(C)c(NC(=O)NCc2ccc3c(c2)C(=O)N(C2CCC(=O)NC2=O)C3)c(Cl)c1Cl. The van der Waals surface area contributed by atoms with E-state index in [2.05, 4.69) is 16.0 Å². The van der Waals surface area contributed by atoms with Crippen molar-refractivity contribution >= 4 is 52.6 Å². The van der Waals surface area contributed by atoms with Crippen molar-refractivity contribution in [2.75, 3.05) is 5.32 Å². The normalized spacial score (nSPS) is 17.6. The standard InChI is InChI=1S/C23H22Cl2N4O4/c1-11-7-12(2)20(19(25)18(11)24)28-23(33)26-9-13-3-4-14-10-29(22(32)15(14)8-13)16-5-6-17(30)27-21(16)31/h3-4,7-8,16H,5-6,9-10H2,1-2H3,(H2,26,28,33)(H,27,30,31). The fourth-order valence-electron chi connectivity index (χ4n) is 4.12. The Kier molecular flexibility index (Phi) is 6.32. The Morgan fingerprint density at radius 2 is 1.88 bits per heavy atom. The fourth-order valence-corrected chi connectivity index (χ4v) is 4.62. The van der Waals surface area contributed by atoms with Gasteiger partial charge in [-0.15, -0.1) is 0 Å². The average Bonchev–Trinajstić information content (AvgIpc) is 3.09. The molecule has 5 amide bonds. The molecule has 2 aromatic rings. The molecule has 8 nitrogen and oxygen atoms in total. The van der Waals surface area contributed by atoms with Crippen LogP contribution in [0.2, 0.25) is 10.0 Å². The van der Waals surface area contributed by atoms with Gasteiger partial charge in [-0.2, -0.15) is 0 Å². The van der Waals surface area contributed by atoms with Gasteiger partial charge in [-0.05, 0) is 48.6 Å². The molecule has 4 rings (SSSR count). The number of rotatable bonds is 4. The van der Waals surface area contributed by atoms with Crippen LogP contribution in [-0.4, -0.2) is 34.7 Å². The molecule has 0 aliphatic carbocycles. The van der Waals surface area contributed by atoms with E-state index in [1.165, 1.54) is 4.90 Å². The lowest BCUT2D eigenvalue weighted by molar-refractivity contribution is -0.136. The molecule has 0 saturated carbocycles. The lowest BCUT2D eigenvalue weighted by Crippen LogP contribution is -2.52. The maximum atomic E-state index is 12.9. The maximum absolute atomic E-state index is 12.9. The summed E-state index contributed by atoms with van der Waals surface area (Å²) < 4.78 is 0. The number of carbonyl (C=O) groups is 4. The van der Waals surface area contributed by atoms with Crippen molar-refractivity contribution in [2.45, 2.75) is 45.8 Å². The molecule has 1 unspecified atom stereocenters. The maximum Gasteiger partial charge on any atom is 0.319 e. The van der Waals surface area contributed by atoms with Crippen molar-refractivity contribution in [3.05, 3.63) is 62.1 Å². The molecule has 0 spiro atoms. The predicted octanol–water partition coefficient (Wildman–Crippen LogP) is 3.69. The highest BCUT2D eigenvalue weighted by molar-refractivity contribution is 6.44. The van der Waals surface area contributed by atoms with E-state index in [0.29, 0.717) is 29.2 Å². The number of halogens is 2. The monoisotopic (exact) mass is 488 g/mol. The summed E-state index contributed by atoms with van der Waals surface area (Å²) >= 11 is 12.5. The molecule has 0 bridgehead atoms. The highest BCUT2D eigenvalue weighted by Crippen LogP contribution is 2.35. The average molecular weight is 489 g/mol. The van der Waals surface area contributed by atoms with Crippen LogP contribution < -0.4 is 16.0 Å². The van der Waals surface area contributed by atoms with E-state index in [4.69, 9.17) is 23.2 Å². The van der Waals surface area contributed by atoms with Crippen LogP contribution in [-0.2, 0) is 22.7 Å². The van der Waals surface area contributed by atoms with Gasteiger partial charge in [-0.3, -0.25) is 19.7 Å². The molecule has 1 fully saturated rings. The van der Waals surface area contributed by atoms with Crippen LogP contribution >= 0.6 is 23.2 Å². The second-order valence-electron chi connectivity index (χ2n) is 8.21. The van der Waals surface area contributed by atoms with E-state index in [1.54, 1.807) is 6.07 Å². The van der Waals surface area contributed by atoms with Gasteiger partial charge in [0.2, 0.25) is 11.8 Å². The molecule has 1 atom stereocenters. The summed E-state index contributed by atoms with van der Waals surface area (Å²) in [5.41, 5.74) is 4.06. The van der Waals surface area contributed by atoms with Crippen LogP contribution in [0, 0.1) is 13.8 Å². The zero-order valence-electron chi connectivity index (χ0n) is 18.1. The first kappa shape index (κ1) is 23.1. The number of urea groups is 1. The number of hydrogen-bond acceptors (Lipinski definition) is 4. The van der Waals surface area contributed by atoms with Crippen molar-refractivity contribution < 1.29 is 19.2 Å². The fraction of sp³-hybridized carbons (Fsp3) is 0.304. The number of anilines is 1. The summed E-state index contributed by atoms with van der Waals surface area (Å²) in [6.07, 6.45) is 0.514. The molecule has 0 radical (unpaired) electrons. The number of benzene rings is 2. The third-order valence-corrected chi connectivity index (χ3v) is 6.83. The number of nitrogens with one attached hydrogen (secondary N) is 3. The molecular formula is C23H22Cl2N4O4. The third-order valence-electron chi connectivity index (χ3n) is 5.87. The van der Waals surface area contributed by atoms with Gasteiger partial charge in [0.25, 0.3) is 5.91 Å². The lowest BCUT2D eigenvalue weighted by Gasteiger charge is -2.29. The first-order chi connectivity index (χ1) is 15.7. The minimum Gasteiger partial charge on any atom is -0.334 e. The Morgan fingerprint density at radius 3 is 2.61 bits per heavy atom. The van der Waals surface area contributed by atoms with Crippen molar-refractivity contribution in [3.8, 4) is 0 Å². The van der Waals surface area contributed by atoms with Crippen molar-refractivity contribution in [2.24, 2.45) is 0 Å². The number of imide groups is 1. The predicted molar refractivity (Wildman–Crippen MR) is 124 cm³/mol. The van der Waals surface area contributed by atoms with Crippen molar-refractivity contribution in [1.82, 2.24) is 15.5 Å². The molecule has 3 N–H and O–H groups in total. The summed E-state index contributed by atoms with van der Waals surface area (Å²) in [5.74, 6) is -1.03. The molecule has 2 aromatic carbocycles. The first-order valence-corrected chi connectivity index (χ1v) is 11.2. The molecule has 33 heavy (non-hydrogen) atoms. The highest BCUT2D eigenvalue weighted by Gasteiger charge is 2.39. The Labute approximate surface area is 200 Å². The number of amides is 5. The summed E-state index contributed by atoms with van der Waals surface area (Å²) in [6, 6.07) is 6.06. The zero-order valence-corrected chi connectivity index (χ0v) is 19.6. The third kappa shape index (κ3) is 4.54. The molecule has 2 aliphatic rings. The molecular weight excluding hydrogens is 467 g/mol. The van der Waals surface area contributed by atoms with Crippen LogP contribution in [0.4, 0.5) is 10.5 Å². The van der Waals surface area contributed by atoms with Gasteiger partial charge >= 0.3 is 6.03 Å². The molecule has 10 heteroatoms. The molecule has 0 aromatic heterocycles. The highest BCUT2D eigenvalue weighted by atomic mass is 35.5. The summed E-state index contributed by atoms with van der Waals surface area (Å²) in [6.45, 7) is 4.15. The summed E-state index contributed by atoms with van der Waals surface area (Å²) in [5, 5.41) is 8.42. The van der Waals surface area contributed by atoms with Gasteiger partial charge in [-0.1, -0.05) is 41.4 Å². The molecule has 1 saturated heterocycles. The van der Waals surface area contributed by atoms with E-state index < -0.39 is 18.0 Å². The van der Waals surface area contributed by atoms with Crippen LogP contribution in [0.3, 0.4) is 0 Å². The van der Waals surface area contributed by atoms with E-state index in [0.717, 1.165) is 22.3 Å². The van der Waals surface area contributed by atoms with E-state index in [9.17, 15) is 19.2 Å². The second-order valence-corrected chi connectivity index (χ2v) is 8.97. The van der Waals surface area contributed by atoms with Gasteiger partial charge in [0.1, 0.15) is 6.04 Å². The van der Waals surface area contributed by atoms with Crippen molar-refractivity contribution in [1.29, 1.82) is 0 Å². The van der Waals surface area contributed by atoms with Crippen LogP contribution in [0.25, 0.3) is 0 Å². The van der Waals surface area contributed by atoms with Gasteiger partial charge in [-0.25, -0.2) is 4.79 Å². The number of fused-ring (bicyclic) bond motifs is 1. The Hall–Kier alpha value is -3.10. The van der Waals surface area contributed by atoms with E-state index >= 15 is 0 Å². The Morgan fingerprint density at radius 1 is 1.12 bits per heavy atom.